The van der Waals surface area contributed by atoms with E-state index < -0.39 is 0 Å². The number of piperazine rings is 1. The number of aromatic nitrogens is 1. The zero-order valence-electron chi connectivity index (χ0n) is 8.77. The van der Waals surface area contributed by atoms with Gasteiger partial charge in [-0.05, 0) is 6.07 Å². The molecule has 0 aromatic carbocycles. The molecular formula is C10H13ClN4O. The number of pyridine rings is 1. The van der Waals surface area contributed by atoms with E-state index in [0.29, 0.717) is 18.1 Å². The Bertz CT molecular complexity index is 390. The molecule has 0 spiro atoms. The molecule has 16 heavy (non-hydrogen) atoms. The maximum absolute atomic E-state index is 11.0. The molecule has 1 aliphatic rings. The van der Waals surface area contributed by atoms with Crippen LogP contribution >= 0.6 is 11.6 Å². The van der Waals surface area contributed by atoms with Gasteiger partial charge in [0.1, 0.15) is 0 Å². The molecule has 1 saturated heterocycles. The molecule has 6 heteroatoms. The van der Waals surface area contributed by atoms with Gasteiger partial charge < -0.3 is 15.5 Å². The van der Waals surface area contributed by atoms with E-state index in [9.17, 15) is 4.79 Å². The molecule has 2 amide bonds. The fraction of sp³-hybridized carbons (Fsp3) is 0.400. The lowest BCUT2D eigenvalue weighted by molar-refractivity contribution is 0.204. The van der Waals surface area contributed by atoms with E-state index in [1.807, 2.05) is 6.07 Å². The van der Waals surface area contributed by atoms with Crippen LogP contribution in [0.5, 0.6) is 0 Å². The maximum Gasteiger partial charge on any atom is 0.314 e. The average Bonchev–Trinajstić information content (AvgIpc) is 2.30. The first-order valence-corrected chi connectivity index (χ1v) is 5.45. The molecule has 1 aromatic rings. The van der Waals surface area contributed by atoms with Gasteiger partial charge in [-0.2, -0.15) is 0 Å². The van der Waals surface area contributed by atoms with Crippen molar-refractivity contribution in [2.75, 3.05) is 31.1 Å². The minimum Gasteiger partial charge on any atom is -0.367 e. The van der Waals surface area contributed by atoms with Crippen LogP contribution < -0.4 is 10.6 Å². The molecule has 1 aromatic heterocycles. The number of carbonyl (C=O) groups excluding carboxylic acids is 1. The number of carbonyl (C=O) groups is 1. The number of urea groups is 1. The SMILES string of the molecule is NC(=O)N1CCN(c2ccncc2Cl)CC1. The highest BCUT2D eigenvalue weighted by Crippen LogP contribution is 2.24. The third kappa shape index (κ3) is 2.19. The van der Waals surface area contributed by atoms with Crippen molar-refractivity contribution in [2.45, 2.75) is 0 Å². The monoisotopic (exact) mass is 240 g/mol. The molecule has 86 valence electrons. The summed E-state index contributed by atoms with van der Waals surface area (Å²) in [6.07, 6.45) is 3.33. The van der Waals surface area contributed by atoms with Crippen molar-refractivity contribution >= 4 is 23.3 Å². The van der Waals surface area contributed by atoms with Gasteiger partial charge in [-0.25, -0.2) is 4.79 Å². The number of nitrogens with two attached hydrogens (primary N) is 1. The third-order valence-corrected chi connectivity index (χ3v) is 2.97. The Hall–Kier alpha value is -1.49. The van der Waals surface area contributed by atoms with Crippen LogP contribution in [0.15, 0.2) is 18.5 Å². The van der Waals surface area contributed by atoms with E-state index in [2.05, 4.69) is 9.88 Å². The van der Waals surface area contributed by atoms with Crippen LogP contribution in [0.4, 0.5) is 10.5 Å². The van der Waals surface area contributed by atoms with E-state index in [4.69, 9.17) is 17.3 Å². The second kappa shape index (κ2) is 4.57. The standard InChI is InChI=1S/C10H13ClN4O/c11-8-7-13-2-1-9(8)14-3-5-15(6-4-14)10(12)16/h1-2,7H,3-6H2,(H2,12,16). The van der Waals surface area contributed by atoms with E-state index in [1.54, 1.807) is 17.3 Å². The Morgan fingerprint density at radius 1 is 1.38 bits per heavy atom. The van der Waals surface area contributed by atoms with Crippen LogP contribution in [0.1, 0.15) is 0 Å². The number of nitrogens with zero attached hydrogens (tertiary/aromatic N) is 3. The van der Waals surface area contributed by atoms with Gasteiger partial charge in [0, 0.05) is 38.6 Å². The molecule has 2 rings (SSSR count). The van der Waals surface area contributed by atoms with E-state index in [1.165, 1.54) is 0 Å². The second-order valence-electron chi connectivity index (χ2n) is 3.64. The third-order valence-electron chi connectivity index (χ3n) is 2.68. The molecular weight excluding hydrogens is 228 g/mol. The second-order valence-corrected chi connectivity index (χ2v) is 4.05. The van der Waals surface area contributed by atoms with Gasteiger partial charge >= 0.3 is 6.03 Å². The minimum atomic E-state index is -0.361. The van der Waals surface area contributed by atoms with Gasteiger partial charge in [-0.3, -0.25) is 4.98 Å². The summed E-state index contributed by atoms with van der Waals surface area (Å²) in [5.74, 6) is 0. The van der Waals surface area contributed by atoms with Crippen LogP contribution in [0.2, 0.25) is 5.02 Å². The molecule has 0 atom stereocenters. The smallest absolute Gasteiger partial charge is 0.314 e. The number of anilines is 1. The first kappa shape index (κ1) is 11.0. The Balaban J connectivity index is 2.05. The van der Waals surface area contributed by atoms with Gasteiger partial charge in [0.2, 0.25) is 0 Å². The predicted octanol–water partition coefficient (Wildman–Crippen LogP) is 0.936. The van der Waals surface area contributed by atoms with Crippen LogP contribution in [0.3, 0.4) is 0 Å². The van der Waals surface area contributed by atoms with Crippen molar-refractivity contribution in [1.82, 2.24) is 9.88 Å². The quantitative estimate of drug-likeness (QED) is 0.795. The number of rotatable bonds is 1. The summed E-state index contributed by atoms with van der Waals surface area (Å²) in [4.78, 5) is 18.7. The maximum atomic E-state index is 11.0. The zero-order chi connectivity index (χ0) is 11.5. The van der Waals surface area contributed by atoms with Gasteiger partial charge in [0.05, 0.1) is 10.7 Å². The van der Waals surface area contributed by atoms with Crippen molar-refractivity contribution in [3.05, 3.63) is 23.5 Å². The molecule has 1 fully saturated rings. The fourth-order valence-electron chi connectivity index (χ4n) is 1.79. The number of amides is 2. The topological polar surface area (TPSA) is 62.5 Å². The molecule has 2 heterocycles. The molecule has 5 nitrogen and oxygen atoms in total. The Labute approximate surface area is 98.8 Å². The molecule has 0 saturated carbocycles. The lowest BCUT2D eigenvalue weighted by Gasteiger charge is -2.35. The van der Waals surface area contributed by atoms with Crippen molar-refractivity contribution < 1.29 is 4.79 Å². The summed E-state index contributed by atoms with van der Waals surface area (Å²) in [6.45, 7) is 2.75. The van der Waals surface area contributed by atoms with Crippen LogP contribution in [-0.4, -0.2) is 42.1 Å². The van der Waals surface area contributed by atoms with Crippen LogP contribution in [-0.2, 0) is 0 Å². The van der Waals surface area contributed by atoms with Crippen molar-refractivity contribution in [2.24, 2.45) is 5.73 Å². The fourth-order valence-corrected chi connectivity index (χ4v) is 2.03. The largest absolute Gasteiger partial charge is 0.367 e. The van der Waals surface area contributed by atoms with Crippen LogP contribution in [0.25, 0.3) is 0 Å². The lowest BCUT2D eigenvalue weighted by Crippen LogP contribution is -2.50. The summed E-state index contributed by atoms with van der Waals surface area (Å²) in [6, 6.07) is 1.52. The lowest BCUT2D eigenvalue weighted by atomic mass is 10.3. The van der Waals surface area contributed by atoms with Gasteiger partial charge in [0.25, 0.3) is 0 Å². The highest BCUT2D eigenvalue weighted by Gasteiger charge is 2.20. The summed E-state index contributed by atoms with van der Waals surface area (Å²) >= 11 is 6.05. The average molecular weight is 241 g/mol. The van der Waals surface area contributed by atoms with Crippen molar-refractivity contribution in [3.63, 3.8) is 0 Å². The molecule has 0 radical (unpaired) electrons. The van der Waals surface area contributed by atoms with E-state index >= 15 is 0 Å². The Morgan fingerprint density at radius 2 is 2.06 bits per heavy atom. The normalized spacial score (nSPS) is 16.3. The van der Waals surface area contributed by atoms with E-state index in [-0.39, 0.29) is 6.03 Å². The number of halogens is 1. The first-order chi connectivity index (χ1) is 7.68. The minimum absolute atomic E-state index is 0.361. The number of primary amides is 1. The van der Waals surface area contributed by atoms with E-state index in [0.717, 1.165) is 18.8 Å². The van der Waals surface area contributed by atoms with Gasteiger partial charge in [0.15, 0.2) is 0 Å². The summed E-state index contributed by atoms with van der Waals surface area (Å²) in [5.41, 5.74) is 6.17. The predicted molar refractivity (Wildman–Crippen MR) is 62.6 cm³/mol. The summed E-state index contributed by atoms with van der Waals surface area (Å²) < 4.78 is 0. The molecule has 1 aliphatic heterocycles. The first-order valence-electron chi connectivity index (χ1n) is 5.07. The number of hydrogen-bond acceptors (Lipinski definition) is 3. The Morgan fingerprint density at radius 3 is 2.62 bits per heavy atom. The van der Waals surface area contributed by atoms with Crippen molar-refractivity contribution in [1.29, 1.82) is 0 Å². The molecule has 0 aliphatic carbocycles. The zero-order valence-corrected chi connectivity index (χ0v) is 9.52. The van der Waals surface area contributed by atoms with Gasteiger partial charge in [-0.1, -0.05) is 11.6 Å². The summed E-state index contributed by atoms with van der Waals surface area (Å²) in [5, 5.41) is 0.634. The Kier molecular flexibility index (Phi) is 3.14. The summed E-state index contributed by atoms with van der Waals surface area (Å²) in [7, 11) is 0. The van der Waals surface area contributed by atoms with Crippen molar-refractivity contribution in [3.8, 4) is 0 Å². The highest BCUT2D eigenvalue weighted by molar-refractivity contribution is 6.33. The molecule has 0 unspecified atom stereocenters. The molecule has 2 N–H and O–H groups in total. The van der Waals surface area contributed by atoms with Crippen LogP contribution in [0, 0.1) is 0 Å². The number of hydrogen-bond donors (Lipinski definition) is 1. The highest BCUT2D eigenvalue weighted by atomic mass is 35.5. The van der Waals surface area contributed by atoms with Gasteiger partial charge in [-0.15, -0.1) is 0 Å². The molecule has 0 bridgehead atoms.